The summed E-state index contributed by atoms with van der Waals surface area (Å²) in [5, 5.41) is 2.28. The van der Waals surface area contributed by atoms with Gasteiger partial charge in [-0.05, 0) is 64.6 Å². The number of amides is 1. The molecular weight excluding hydrogens is 522 g/mol. The standard InChI is InChI=1S/C29H36ClN3O4S/c1-19(2)29(31,20(3)4)23-8-11-26(27(18-23)37-5)28(34)32-12-14-33(15-13-32)38(35,36)25-10-7-21-16-24(30)9-6-22(21)17-25/h6-11,16-20H,12-15,31H2,1-5H3. The fourth-order valence-electron chi connectivity index (χ4n) is 5.28. The Morgan fingerprint density at radius 1 is 0.921 bits per heavy atom. The third-order valence-corrected chi connectivity index (χ3v) is 9.91. The fourth-order valence-corrected chi connectivity index (χ4v) is 6.92. The highest BCUT2D eigenvalue weighted by atomic mass is 35.5. The van der Waals surface area contributed by atoms with Crippen molar-refractivity contribution in [3.63, 3.8) is 0 Å². The van der Waals surface area contributed by atoms with Crippen molar-refractivity contribution in [2.24, 2.45) is 17.6 Å². The van der Waals surface area contributed by atoms with Crippen molar-refractivity contribution < 1.29 is 17.9 Å². The molecule has 1 heterocycles. The zero-order valence-electron chi connectivity index (χ0n) is 22.6. The van der Waals surface area contributed by atoms with E-state index in [0.717, 1.165) is 16.3 Å². The first-order valence-corrected chi connectivity index (χ1v) is 14.7. The maximum atomic E-state index is 13.4. The molecular formula is C29H36ClN3O4S. The molecule has 0 saturated carbocycles. The second-order valence-electron chi connectivity index (χ2n) is 10.5. The van der Waals surface area contributed by atoms with Crippen molar-refractivity contribution in [1.82, 2.24) is 9.21 Å². The monoisotopic (exact) mass is 557 g/mol. The number of fused-ring (bicyclic) bond motifs is 1. The molecule has 1 fully saturated rings. The van der Waals surface area contributed by atoms with Gasteiger partial charge in [-0.3, -0.25) is 4.79 Å². The van der Waals surface area contributed by atoms with Crippen LogP contribution in [-0.4, -0.2) is 56.8 Å². The number of hydrogen-bond donors (Lipinski definition) is 1. The van der Waals surface area contributed by atoms with Crippen LogP contribution in [0, 0.1) is 11.8 Å². The van der Waals surface area contributed by atoms with E-state index in [-0.39, 0.29) is 48.8 Å². The lowest BCUT2D eigenvalue weighted by atomic mass is 9.72. The number of sulfonamides is 1. The second kappa shape index (κ2) is 10.8. The normalized spacial score (nSPS) is 15.4. The molecule has 0 atom stereocenters. The first-order valence-electron chi connectivity index (χ1n) is 12.9. The van der Waals surface area contributed by atoms with Gasteiger partial charge in [0.2, 0.25) is 10.0 Å². The molecule has 3 aromatic rings. The molecule has 1 aliphatic heterocycles. The summed E-state index contributed by atoms with van der Waals surface area (Å²) in [5.74, 6) is 0.646. The van der Waals surface area contributed by atoms with E-state index in [1.54, 1.807) is 48.4 Å². The summed E-state index contributed by atoms with van der Waals surface area (Å²) in [5.41, 5.74) is 7.62. The van der Waals surface area contributed by atoms with E-state index in [0.29, 0.717) is 16.3 Å². The summed E-state index contributed by atoms with van der Waals surface area (Å²) in [6, 6.07) is 15.9. The molecule has 0 radical (unpaired) electrons. The molecule has 2 N–H and O–H groups in total. The topological polar surface area (TPSA) is 92.9 Å². The minimum atomic E-state index is -3.70. The van der Waals surface area contributed by atoms with Gasteiger partial charge in [0.1, 0.15) is 5.75 Å². The van der Waals surface area contributed by atoms with Crippen molar-refractivity contribution in [3.05, 3.63) is 70.7 Å². The Kier molecular flexibility index (Phi) is 8.09. The van der Waals surface area contributed by atoms with E-state index < -0.39 is 15.6 Å². The average molecular weight is 558 g/mol. The summed E-state index contributed by atoms with van der Waals surface area (Å²) >= 11 is 6.05. The molecule has 7 nitrogen and oxygen atoms in total. The van der Waals surface area contributed by atoms with Crippen LogP contribution in [0.2, 0.25) is 5.02 Å². The Balaban J connectivity index is 1.51. The number of methoxy groups -OCH3 is 1. The first kappa shape index (κ1) is 28.4. The second-order valence-corrected chi connectivity index (χ2v) is 12.9. The number of hydrogen-bond acceptors (Lipinski definition) is 5. The Hall–Kier alpha value is -2.65. The number of carbonyl (C=O) groups excluding carboxylic acids is 1. The molecule has 38 heavy (non-hydrogen) atoms. The smallest absolute Gasteiger partial charge is 0.257 e. The largest absolute Gasteiger partial charge is 0.496 e. The lowest BCUT2D eigenvalue weighted by Gasteiger charge is -2.39. The first-order chi connectivity index (χ1) is 17.9. The third-order valence-electron chi connectivity index (χ3n) is 7.78. The molecule has 0 unspecified atom stereocenters. The lowest BCUT2D eigenvalue weighted by Crippen LogP contribution is -2.50. The summed E-state index contributed by atoms with van der Waals surface area (Å²) in [7, 11) is -2.16. The number of piperazine rings is 1. The van der Waals surface area contributed by atoms with Crippen LogP contribution in [0.15, 0.2) is 59.5 Å². The molecule has 0 aromatic heterocycles. The Labute approximate surface area is 230 Å². The highest BCUT2D eigenvalue weighted by molar-refractivity contribution is 7.89. The fraction of sp³-hybridized carbons (Fsp3) is 0.414. The van der Waals surface area contributed by atoms with E-state index >= 15 is 0 Å². The van der Waals surface area contributed by atoms with Gasteiger partial charge in [0, 0.05) is 36.7 Å². The Bertz CT molecular complexity index is 1440. The van der Waals surface area contributed by atoms with E-state index in [2.05, 4.69) is 27.7 Å². The summed E-state index contributed by atoms with van der Waals surface area (Å²) in [6.07, 6.45) is 0. The van der Waals surface area contributed by atoms with Gasteiger partial charge in [-0.1, -0.05) is 57.5 Å². The number of benzene rings is 3. The molecule has 0 bridgehead atoms. The number of carbonyl (C=O) groups is 1. The highest BCUT2D eigenvalue weighted by Gasteiger charge is 2.36. The van der Waals surface area contributed by atoms with Crippen LogP contribution < -0.4 is 10.5 Å². The van der Waals surface area contributed by atoms with Gasteiger partial charge in [0.15, 0.2) is 0 Å². The summed E-state index contributed by atoms with van der Waals surface area (Å²) < 4.78 is 33.7. The number of ether oxygens (including phenoxy) is 1. The quantitative estimate of drug-likeness (QED) is 0.435. The van der Waals surface area contributed by atoms with E-state index in [1.165, 1.54) is 4.31 Å². The summed E-state index contributed by atoms with van der Waals surface area (Å²) in [6.45, 7) is 9.34. The minimum Gasteiger partial charge on any atom is -0.496 e. The average Bonchev–Trinajstić information content (AvgIpc) is 2.91. The van der Waals surface area contributed by atoms with Crippen LogP contribution >= 0.6 is 11.6 Å². The number of nitrogens with zero attached hydrogens (tertiary/aromatic N) is 2. The number of nitrogens with two attached hydrogens (primary N) is 1. The minimum absolute atomic E-state index is 0.184. The third kappa shape index (κ3) is 5.15. The van der Waals surface area contributed by atoms with Gasteiger partial charge in [-0.2, -0.15) is 4.31 Å². The van der Waals surface area contributed by atoms with Crippen LogP contribution in [0.5, 0.6) is 5.75 Å². The molecule has 4 rings (SSSR count). The molecule has 1 aliphatic rings. The van der Waals surface area contributed by atoms with Gasteiger partial charge in [-0.15, -0.1) is 0 Å². The van der Waals surface area contributed by atoms with Crippen molar-refractivity contribution in [1.29, 1.82) is 0 Å². The molecule has 1 amide bonds. The van der Waals surface area contributed by atoms with Gasteiger partial charge in [0.25, 0.3) is 5.91 Å². The van der Waals surface area contributed by atoms with Crippen molar-refractivity contribution >= 4 is 38.3 Å². The molecule has 3 aromatic carbocycles. The number of halogens is 1. The van der Waals surface area contributed by atoms with Crippen molar-refractivity contribution in [3.8, 4) is 5.75 Å². The van der Waals surface area contributed by atoms with E-state index in [1.807, 2.05) is 18.2 Å². The molecule has 1 saturated heterocycles. The van der Waals surface area contributed by atoms with Crippen molar-refractivity contribution in [2.75, 3.05) is 33.3 Å². The van der Waals surface area contributed by atoms with Crippen LogP contribution in [0.4, 0.5) is 0 Å². The molecule has 204 valence electrons. The van der Waals surface area contributed by atoms with Crippen molar-refractivity contribution in [2.45, 2.75) is 38.1 Å². The predicted octanol–water partition coefficient (Wildman–Crippen LogP) is 5.11. The Morgan fingerprint density at radius 2 is 1.53 bits per heavy atom. The van der Waals surface area contributed by atoms with Crippen LogP contribution in [0.25, 0.3) is 10.8 Å². The molecule has 0 aliphatic carbocycles. The van der Waals surface area contributed by atoms with Gasteiger partial charge in [0.05, 0.1) is 17.6 Å². The van der Waals surface area contributed by atoms with Crippen LogP contribution in [-0.2, 0) is 15.6 Å². The van der Waals surface area contributed by atoms with Crippen LogP contribution in [0.3, 0.4) is 0 Å². The Morgan fingerprint density at radius 3 is 2.13 bits per heavy atom. The maximum absolute atomic E-state index is 13.4. The highest BCUT2D eigenvalue weighted by Crippen LogP contribution is 2.37. The lowest BCUT2D eigenvalue weighted by molar-refractivity contribution is 0.0694. The number of rotatable bonds is 7. The SMILES string of the molecule is COc1cc(C(N)(C(C)C)C(C)C)ccc1C(=O)N1CCN(S(=O)(=O)c2ccc3cc(Cl)ccc3c2)CC1. The van der Waals surface area contributed by atoms with E-state index in [9.17, 15) is 13.2 Å². The predicted molar refractivity (Wildman–Crippen MR) is 152 cm³/mol. The zero-order valence-corrected chi connectivity index (χ0v) is 24.1. The van der Waals surface area contributed by atoms with Crippen LogP contribution in [0.1, 0.15) is 43.6 Å². The van der Waals surface area contributed by atoms with Gasteiger partial charge in [-0.25, -0.2) is 8.42 Å². The summed E-state index contributed by atoms with van der Waals surface area (Å²) in [4.78, 5) is 15.3. The van der Waals surface area contributed by atoms with Gasteiger partial charge >= 0.3 is 0 Å². The maximum Gasteiger partial charge on any atom is 0.257 e. The zero-order chi connectivity index (χ0) is 27.8. The van der Waals surface area contributed by atoms with Gasteiger partial charge < -0.3 is 15.4 Å². The molecule has 0 spiro atoms. The van der Waals surface area contributed by atoms with E-state index in [4.69, 9.17) is 22.1 Å². The molecule has 9 heteroatoms.